The van der Waals surface area contributed by atoms with Gasteiger partial charge >= 0.3 is 5.97 Å². The van der Waals surface area contributed by atoms with Gasteiger partial charge in [-0.15, -0.1) is 0 Å². The van der Waals surface area contributed by atoms with Crippen molar-refractivity contribution in [2.24, 2.45) is 0 Å². The molecule has 0 unspecified atom stereocenters. The number of benzene rings is 1. The van der Waals surface area contributed by atoms with E-state index in [4.69, 9.17) is 26.5 Å². The lowest BCUT2D eigenvalue weighted by Crippen LogP contribution is -2.31. The number of rotatable bonds is 5. The summed E-state index contributed by atoms with van der Waals surface area (Å²) in [6.45, 7) is 1.34. The zero-order valence-electron chi connectivity index (χ0n) is 11.8. The van der Waals surface area contributed by atoms with Gasteiger partial charge in [0.15, 0.2) is 6.61 Å². The van der Waals surface area contributed by atoms with Crippen molar-refractivity contribution in [1.82, 2.24) is 5.32 Å². The first-order valence-electron chi connectivity index (χ1n) is 6.52. The van der Waals surface area contributed by atoms with Crippen LogP contribution in [0.3, 0.4) is 0 Å². The third-order valence-electron chi connectivity index (χ3n) is 2.92. The first kappa shape index (κ1) is 15.9. The Kier molecular flexibility index (Phi) is 5.06. The fourth-order valence-electron chi connectivity index (χ4n) is 1.81. The topological polar surface area (TPSA) is 94.6 Å². The van der Waals surface area contributed by atoms with Crippen LogP contribution in [0.2, 0.25) is 5.02 Å². The number of hydrogen-bond donors (Lipinski definition) is 2. The van der Waals surface area contributed by atoms with Crippen LogP contribution in [0.4, 0.5) is 5.69 Å². The zero-order chi connectivity index (χ0) is 16.1. The molecule has 1 atom stereocenters. The van der Waals surface area contributed by atoms with E-state index in [1.165, 1.54) is 18.4 Å². The SMILES string of the molecule is C[C@@H](NC(=O)COC(=O)c1cc(Cl)ccc1N)c1ccco1. The molecule has 1 aromatic heterocycles. The second kappa shape index (κ2) is 7.00. The minimum atomic E-state index is -0.708. The Morgan fingerprint density at radius 1 is 1.41 bits per heavy atom. The van der Waals surface area contributed by atoms with Crippen molar-refractivity contribution >= 4 is 29.2 Å². The number of furan rings is 1. The molecule has 0 aliphatic rings. The van der Waals surface area contributed by atoms with Crippen LogP contribution in [0.15, 0.2) is 41.0 Å². The lowest BCUT2D eigenvalue weighted by molar-refractivity contribution is -0.125. The fraction of sp³-hybridized carbons (Fsp3) is 0.200. The number of nitrogen functional groups attached to an aromatic ring is 1. The van der Waals surface area contributed by atoms with Crippen LogP contribution >= 0.6 is 11.6 Å². The lowest BCUT2D eigenvalue weighted by atomic mass is 10.2. The summed E-state index contributed by atoms with van der Waals surface area (Å²) in [5.74, 6) is -0.544. The Labute approximate surface area is 132 Å². The van der Waals surface area contributed by atoms with E-state index in [1.54, 1.807) is 25.1 Å². The van der Waals surface area contributed by atoms with Crippen molar-refractivity contribution in [2.75, 3.05) is 12.3 Å². The van der Waals surface area contributed by atoms with Crippen LogP contribution < -0.4 is 11.1 Å². The van der Waals surface area contributed by atoms with Crippen LogP contribution in [0.1, 0.15) is 29.1 Å². The summed E-state index contributed by atoms with van der Waals surface area (Å²) in [5, 5.41) is 3.01. The van der Waals surface area contributed by atoms with Gasteiger partial charge in [-0.1, -0.05) is 11.6 Å². The average molecular weight is 323 g/mol. The summed E-state index contributed by atoms with van der Waals surface area (Å²) >= 11 is 5.80. The van der Waals surface area contributed by atoms with Crippen LogP contribution in [-0.2, 0) is 9.53 Å². The predicted molar refractivity (Wildman–Crippen MR) is 81.4 cm³/mol. The Morgan fingerprint density at radius 3 is 2.86 bits per heavy atom. The molecule has 1 aromatic carbocycles. The lowest BCUT2D eigenvalue weighted by Gasteiger charge is -2.12. The Morgan fingerprint density at radius 2 is 2.18 bits per heavy atom. The van der Waals surface area contributed by atoms with Gasteiger partial charge in [0.05, 0.1) is 17.9 Å². The number of hydrogen-bond acceptors (Lipinski definition) is 5. The maximum absolute atomic E-state index is 11.9. The first-order valence-corrected chi connectivity index (χ1v) is 6.90. The molecule has 7 heteroatoms. The number of carbonyl (C=O) groups excluding carboxylic acids is 2. The Balaban J connectivity index is 1.88. The molecule has 0 radical (unpaired) electrons. The minimum Gasteiger partial charge on any atom is -0.467 e. The Bertz CT molecular complexity index is 670. The van der Waals surface area contributed by atoms with E-state index in [1.807, 2.05) is 0 Å². The van der Waals surface area contributed by atoms with Crippen molar-refractivity contribution in [2.45, 2.75) is 13.0 Å². The molecule has 1 heterocycles. The second-order valence-electron chi connectivity index (χ2n) is 4.61. The van der Waals surface area contributed by atoms with E-state index in [9.17, 15) is 9.59 Å². The molecule has 0 spiro atoms. The van der Waals surface area contributed by atoms with Crippen LogP contribution in [0.5, 0.6) is 0 Å². The number of esters is 1. The maximum Gasteiger partial charge on any atom is 0.340 e. The summed E-state index contributed by atoms with van der Waals surface area (Å²) in [6, 6.07) is 7.59. The highest BCUT2D eigenvalue weighted by Crippen LogP contribution is 2.18. The average Bonchev–Trinajstić information content (AvgIpc) is 3.01. The van der Waals surface area contributed by atoms with E-state index in [-0.39, 0.29) is 17.3 Å². The van der Waals surface area contributed by atoms with Gasteiger partial charge in [0.1, 0.15) is 5.76 Å². The van der Waals surface area contributed by atoms with E-state index in [0.29, 0.717) is 10.8 Å². The van der Waals surface area contributed by atoms with Gasteiger partial charge < -0.3 is 20.2 Å². The van der Waals surface area contributed by atoms with Crippen LogP contribution in [0.25, 0.3) is 0 Å². The molecule has 0 fully saturated rings. The molecule has 0 saturated carbocycles. The number of nitrogens with one attached hydrogen (secondary N) is 1. The van der Waals surface area contributed by atoms with Gasteiger partial charge in [0.25, 0.3) is 5.91 Å². The van der Waals surface area contributed by atoms with E-state index in [0.717, 1.165) is 0 Å². The normalized spacial score (nSPS) is 11.7. The fourth-order valence-corrected chi connectivity index (χ4v) is 1.98. The van der Waals surface area contributed by atoms with Gasteiger partial charge in [-0.3, -0.25) is 4.79 Å². The first-order chi connectivity index (χ1) is 10.5. The molecule has 6 nitrogen and oxygen atoms in total. The monoisotopic (exact) mass is 322 g/mol. The highest BCUT2D eigenvalue weighted by Gasteiger charge is 2.16. The minimum absolute atomic E-state index is 0.124. The number of halogens is 1. The Hall–Kier alpha value is -2.47. The molecule has 0 saturated heterocycles. The molecule has 22 heavy (non-hydrogen) atoms. The van der Waals surface area contributed by atoms with Crippen LogP contribution in [0, 0.1) is 0 Å². The number of nitrogens with two attached hydrogens (primary N) is 1. The zero-order valence-corrected chi connectivity index (χ0v) is 12.6. The predicted octanol–water partition coefficient (Wildman–Crippen LogP) is 2.55. The van der Waals surface area contributed by atoms with Gasteiger partial charge in [0, 0.05) is 10.7 Å². The molecule has 3 N–H and O–H groups in total. The summed E-state index contributed by atoms with van der Waals surface area (Å²) in [4.78, 5) is 23.6. The summed E-state index contributed by atoms with van der Waals surface area (Å²) in [6.07, 6.45) is 1.51. The largest absolute Gasteiger partial charge is 0.467 e. The van der Waals surface area contributed by atoms with E-state index >= 15 is 0 Å². The van der Waals surface area contributed by atoms with Gasteiger partial charge in [-0.25, -0.2) is 4.79 Å². The molecular weight excluding hydrogens is 308 g/mol. The van der Waals surface area contributed by atoms with Gasteiger partial charge in [-0.2, -0.15) is 0 Å². The molecule has 0 aliphatic heterocycles. The number of amides is 1. The van der Waals surface area contributed by atoms with Crippen molar-refractivity contribution in [3.05, 3.63) is 52.9 Å². The van der Waals surface area contributed by atoms with Crippen LogP contribution in [-0.4, -0.2) is 18.5 Å². The van der Waals surface area contributed by atoms with Gasteiger partial charge in [0.2, 0.25) is 0 Å². The molecule has 2 rings (SSSR count). The standard InChI is InChI=1S/C15H15ClN2O4/c1-9(13-3-2-6-21-13)18-14(19)8-22-15(20)11-7-10(16)4-5-12(11)17/h2-7,9H,8,17H2,1H3,(H,18,19)/t9-/m1/s1. The molecule has 2 aromatic rings. The smallest absolute Gasteiger partial charge is 0.340 e. The molecule has 0 bridgehead atoms. The number of anilines is 1. The maximum atomic E-state index is 11.9. The molecular formula is C15H15ClN2O4. The van der Waals surface area contributed by atoms with E-state index < -0.39 is 18.5 Å². The van der Waals surface area contributed by atoms with Crippen molar-refractivity contribution in [3.8, 4) is 0 Å². The number of ether oxygens (including phenoxy) is 1. The van der Waals surface area contributed by atoms with Crippen molar-refractivity contribution < 1.29 is 18.7 Å². The number of carbonyl (C=O) groups is 2. The second-order valence-corrected chi connectivity index (χ2v) is 5.05. The quantitative estimate of drug-likeness (QED) is 0.651. The van der Waals surface area contributed by atoms with E-state index in [2.05, 4.69) is 5.32 Å². The highest BCUT2D eigenvalue weighted by molar-refractivity contribution is 6.31. The summed E-state index contributed by atoms with van der Waals surface area (Å²) in [7, 11) is 0. The van der Waals surface area contributed by atoms with Crippen molar-refractivity contribution in [3.63, 3.8) is 0 Å². The molecule has 0 aliphatic carbocycles. The van der Waals surface area contributed by atoms with Crippen molar-refractivity contribution in [1.29, 1.82) is 0 Å². The third-order valence-corrected chi connectivity index (χ3v) is 3.15. The third kappa shape index (κ3) is 4.02. The molecule has 1 amide bonds. The summed E-state index contributed by atoms with van der Waals surface area (Å²) in [5.41, 5.74) is 6.03. The van der Waals surface area contributed by atoms with Gasteiger partial charge in [-0.05, 0) is 37.3 Å². The molecule has 116 valence electrons. The summed E-state index contributed by atoms with van der Waals surface area (Å²) < 4.78 is 10.1. The highest BCUT2D eigenvalue weighted by atomic mass is 35.5.